The van der Waals surface area contributed by atoms with E-state index in [-0.39, 0.29) is 17.5 Å². The lowest BCUT2D eigenvalue weighted by Crippen LogP contribution is -2.14. The van der Waals surface area contributed by atoms with Crippen LogP contribution in [0.2, 0.25) is 0 Å². The third kappa shape index (κ3) is 4.47. The Labute approximate surface area is 124 Å². The van der Waals surface area contributed by atoms with Gasteiger partial charge in [0.1, 0.15) is 5.75 Å². The van der Waals surface area contributed by atoms with E-state index in [0.717, 1.165) is 11.3 Å². The van der Waals surface area contributed by atoms with Gasteiger partial charge in [0.25, 0.3) is 0 Å². The molecule has 0 bridgehead atoms. The lowest BCUT2D eigenvalue weighted by Gasteiger charge is -2.17. The molecule has 2 aromatic carbocycles. The van der Waals surface area contributed by atoms with Crippen LogP contribution in [0.5, 0.6) is 5.75 Å². The molecule has 0 radical (unpaired) electrons. The molecule has 0 aromatic heterocycles. The van der Waals surface area contributed by atoms with Crippen LogP contribution in [0, 0.1) is 0 Å². The molecular weight excluding hydrogens is 288 g/mol. The standard InChI is InChI=1S/C15H18N2O3S/c1-11(14-4-2-3-5-15(14)18)17-13-8-6-12(7-9-13)10-21(16,19)20/h2-9,11,17-18H,10H2,1H3,(H2,16,19,20). The Morgan fingerprint density at radius 1 is 1.14 bits per heavy atom. The number of hydrogen-bond donors (Lipinski definition) is 3. The summed E-state index contributed by atoms with van der Waals surface area (Å²) in [5.74, 6) is 0.0609. The average molecular weight is 306 g/mol. The van der Waals surface area contributed by atoms with Crippen LogP contribution in [0.15, 0.2) is 48.5 Å². The number of anilines is 1. The SMILES string of the molecule is CC(Nc1ccc(CS(N)(=O)=O)cc1)c1ccccc1O. The van der Waals surface area contributed by atoms with E-state index < -0.39 is 10.0 Å². The molecule has 0 amide bonds. The zero-order valence-corrected chi connectivity index (χ0v) is 12.5. The van der Waals surface area contributed by atoms with E-state index in [4.69, 9.17) is 5.14 Å². The molecule has 0 aliphatic rings. The van der Waals surface area contributed by atoms with E-state index in [1.165, 1.54) is 0 Å². The Kier molecular flexibility index (Phi) is 4.50. The van der Waals surface area contributed by atoms with Crippen molar-refractivity contribution < 1.29 is 13.5 Å². The molecule has 4 N–H and O–H groups in total. The second-order valence-electron chi connectivity index (χ2n) is 4.93. The van der Waals surface area contributed by atoms with Crippen molar-refractivity contribution in [2.45, 2.75) is 18.7 Å². The monoisotopic (exact) mass is 306 g/mol. The van der Waals surface area contributed by atoms with Crippen LogP contribution >= 0.6 is 0 Å². The number of hydrogen-bond acceptors (Lipinski definition) is 4. The van der Waals surface area contributed by atoms with E-state index >= 15 is 0 Å². The topological polar surface area (TPSA) is 92.4 Å². The highest BCUT2D eigenvalue weighted by Crippen LogP contribution is 2.26. The summed E-state index contributed by atoms with van der Waals surface area (Å²) < 4.78 is 22.0. The van der Waals surface area contributed by atoms with Gasteiger partial charge in [-0.25, -0.2) is 13.6 Å². The fraction of sp³-hybridized carbons (Fsp3) is 0.200. The largest absolute Gasteiger partial charge is 0.508 e. The summed E-state index contributed by atoms with van der Waals surface area (Å²) in [5.41, 5.74) is 2.27. The van der Waals surface area contributed by atoms with Crippen LogP contribution in [-0.4, -0.2) is 13.5 Å². The van der Waals surface area contributed by atoms with Gasteiger partial charge in [-0.3, -0.25) is 0 Å². The smallest absolute Gasteiger partial charge is 0.213 e. The number of nitrogens with two attached hydrogens (primary N) is 1. The van der Waals surface area contributed by atoms with Gasteiger partial charge in [-0.2, -0.15) is 0 Å². The zero-order valence-electron chi connectivity index (χ0n) is 11.7. The second-order valence-corrected chi connectivity index (χ2v) is 6.54. The Morgan fingerprint density at radius 2 is 1.76 bits per heavy atom. The third-order valence-corrected chi connectivity index (χ3v) is 3.84. The van der Waals surface area contributed by atoms with Crippen LogP contribution < -0.4 is 10.5 Å². The van der Waals surface area contributed by atoms with Gasteiger partial charge in [0.2, 0.25) is 10.0 Å². The summed E-state index contributed by atoms with van der Waals surface area (Å²) in [6, 6.07) is 14.1. The van der Waals surface area contributed by atoms with Crippen molar-refractivity contribution in [3.63, 3.8) is 0 Å². The van der Waals surface area contributed by atoms with E-state index in [2.05, 4.69) is 5.32 Å². The highest BCUT2D eigenvalue weighted by Gasteiger charge is 2.10. The number of aromatic hydroxyl groups is 1. The lowest BCUT2D eigenvalue weighted by atomic mass is 10.1. The Bertz CT molecular complexity index is 712. The van der Waals surface area contributed by atoms with E-state index in [0.29, 0.717) is 5.56 Å². The van der Waals surface area contributed by atoms with Crippen LogP contribution in [0.25, 0.3) is 0 Å². The molecule has 21 heavy (non-hydrogen) atoms. The summed E-state index contributed by atoms with van der Waals surface area (Å²) >= 11 is 0. The molecule has 112 valence electrons. The van der Waals surface area contributed by atoms with Crippen LogP contribution in [-0.2, 0) is 15.8 Å². The van der Waals surface area contributed by atoms with Crippen LogP contribution in [0.1, 0.15) is 24.1 Å². The van der Waals surface area contributed by atoms with Crippen LogP contribution in [0.4, 0.5) is 5.69 Å². The normalized spacial score (nSPS) is 12.9. The number of nitrogens with one attached hydrogen (secondary N) is 1. The molecule has 0 aliphatic carbocycles. The number of benzene rings is 2. The van der Waals surface area contributed by atoms with Gasteiger partial charge in [0.15, 0.2) is 0 Å². The van der Waals surface area contributed by atoms with Crippen molar-refractivity contribution in [3.8, 4) is 5.75 Å². The van der Waals surface area contributed by atoms with Crippen LogP contribution in [0.3, 0.4) is 0 Å². The number of para-hydroxylation sites is 1. The number of primary sulfonamides is 1. The molecule has 5 nitrogen and oxygen atoms in total. The Hall–Kier alpha value is -2.05. The Balaban J connectivity index is 2.08. The predicted molar refractivity (Wildman–Crippen MR) is 83.4 cm³/mol. The molecule has 0 heterocycles. The first-order valence-corrected chi connectivity index (χ1v) is 8.20. The molecule has 2 aromatic rings. The fourth-order valence-corrected chi connectivity index (χ4v) is 2.77. The maximum absolute atomic E-state index is 11.0. The van der Waals surface area contributed by atoms with Gasteiger partial charge >= 0.3 is 0 Å². The van der Waals surface area contributed by atoms with Crippen molar-refractivity contribution in [3.05, 3.63) is 59.7 Å². The summed E-state index contributed by atoms with van der Waals surface area (Å²) in [7, 11) is -3.52. The van der Waals surface area contributed by atoms with Gasteiger partial charge in [-0.1, -0.05) is 30.3 Å². The quantitative estimate of drug-likeness (QED) is 0.790. The summed E-state index contributed by atoms with van der Waals surface area (Å²) in [6.45, 7) is 1.94. The van der Waals surface area contributed by atoms with Gasteiger partial charge in [-0.05, 0) is 30.7 Å². The van der Waals surface area contributed by atoms with Gasteiger partial charge < -0.3 is 10.4 Å². The molecule has 0 fully saturated rings. The maximum atomic E-state index is 11.0. The lowest BCUT2D eigenvalue weighted by molar-refractivity contribution is 0.465. The first kappa shape index (κ1) is 15.3. The molecule has 2 rings (SSSR count). The number of phenolic OH excluding ortho intramolecular Hbond substituents is 1. The van der Waals surface area contributed by atoms with Gasteiger partial charge in [0, 0.05) is 11.3 Å². The molecule has 1 unspecified atom stereocenters. The molecule has 6 heteroatoms. The highest BCUT2D eigenvalue weighted by atomic mass is 32.2. The zero-order chi connectivity index (χ0) is 15.5. The first-order chi connectivity index (χ1) is 9.85. The summed E-state index contributed by atoms with van der Waals surface area (Å²) in [4.78, 5) is 0. The third-order valence-electron chi connectivity index (χ3n) is 3.11. The molecule has 0 saturated carbocycles. The molecule has 0 aliphatic heterocycles. The highest BCUT2D eigenvalue weighted by molar-refractivity contribution is 7.88. The Morgan fingerprint density at radius 3 is 2.33 bits per heavy atom. The summed E-state index contributed by atoms with van der Waals surface area (Å²) in [6.07, 6.45) is 0. The summed E-state index contributed by atoms with van der Waals surface area (Å²) in [5, 5.41) is 18.1. The minimum atomic E-state index is -3.52. The van der Waals surface area contributed by atoms with Gasteiger partial charge in [0.05, 0.1) is 11.8 Å². The first-order valence-electron chi connectivity index (χ1n) is 6.49. The average Bonchev–Trinajstić information content (AvgIpc) is 2.40. The van der Waals surface area contributed by atoms with Gasteiger partial charge in [-0.15, -0.1) is 0 Å². The second kappa shape index (κ2) is 6.15. The van der Waals surface area contributed by atoms with E-state index in [1.807, 2.05) is 19.1 Å². The fourth-order valence-electron chi connectivity index (χ4n) is 2.11. The van der Waals surface area contributed by atoms with E-state index in [1.54, 1.807) is 36.4 Å². The van der Waals surface area contributed by atoms with Crippen molar-refractivity contribution >= 4 is 15.7 Å². The van der Waals surface area contributed by atoms with Crippen molar-refractivity contribution in [2.24, 2.45) is 5.14 Å². The minimum absolute atomic E-state index is 0.0738. The number of sulfonamides is 1. The van der Waals surface area contributed by atoms with Crippen molar-refractivity contribution in [1.29, 1.82) is 0 Å². The number of rotatable bonds is 5. The number of phenols is 1. The molecule has 0 spiro atoms. The molecule has 0 saturated heterocycles. The minimum Gasteiger partial charge on any atom is -0.508 e. The van der Waals surface area contributed by atoms with E-state index in [9.17, 15) is 13.5 Å². The van der Waals surface area contributed by atoms with Crippen molar-refractivity contribution in [1.82, 2.24) is 0 Å². The molecular formula is C15H18N2O3S. The molecule has 1 atom stereocenters. The predicted octanol–water partition coefficient (Wildman–Crippen LogP) is 2.35. The van der Waals surface area contributed by atoms with Crippen molar-refractivity contribution in [2.75, 3.05) is 5.32 Å². The maximum Gasteiger partial charge on any atom is 0.213 e.